The number of nitrogens with one attached hydrogen (secondary N) is 1. The molecule has 1 unspecified atom stereocenters. The topological polar surface area (TPSA) is 51.5 Å². The Morgan fingerprint density at radius 3 is 3.00 bits per heavy atom. The molecular weight excluding hydrogens is 250 g/mol. The lowest BCUT2D eigenvalue weighted by molar-refractivity contribution is 0.0562. The van der Waals surface area contributed by atoms with Crippen molar-refractivity contribution in [2.45, 2.75) is 19.5 Å². The Kier molecular flexibility index (Phi) is 4.17. The van der Waals surface area contributed by atoms with E-state index in [0.29, 0.717) is 0 Å². The van der Waals surface area contributed by atoms with E-state index in [1.54, 1.807) is 23.5 Å². The Balaban J connectivity index is 1.94. The van der Waals surface area contributed by atoms with E-state index in [4.69, 9.17) is 4.42 Å². The summed E-state index contributed by atoms with van der Waals surface area (Å²) in [4.78, 5) is 11.3. The average molecular weight is 265 g/mol. The van der Waals surface area contributed by atoms with E-state index in [-0.39, 0.29) is 11.8 Å². The molecule has 2 heterocycles. The van der Waals surface area contributed by atoms with Crippen molar-refractivity contribution < 1.29 is 13.9 Å². The number of carbonyl (C=O) groups excluding carboxylic acids is 1. The fourth-order valence-electron chi connectivity index (χ4n) is 1.56. The van der Waals surface area contributed by atoms with Crippen LogP contribution in [0.25, 0.3) is 0 Å². The standard InChI is InChI=1S/C13H15NO3S/c1-9(14-7-10-5-6-18-8-10)11-3-4-12(17-11)13(15)16-2/h3-6,8-9,14H,7H2,1-2H3. The van der Waals surface area contributed by atoms with Crippen LogP contribution in [0, 0.1) is 0 Å². The van der Waals surface area contributed by atoms with Crippen LogP contribution in [0.4, 0.5) is 0 Å². The lowest BCUT2D eigenvalue weighted by Gasteiger charge is -2.10. The van der Waals surface area contributed by atoms with Gasteiger partial charge in [-0.2, -0.15) is 11.3 Å². The van der Waals surface area contributed by atoms with Gasteiger partial charge in [0.2, 0.25) is 5.76 Å². The molecule has 4 nitrogen and oxygen atoms in total. The predicted octanol–water partition coefficient (Wildman–Crippen LogP) is 2.98. The number of hydrogen-bond acceptors (Lipinski definition) is 5. The van der Waals surface area contributed by atoms with Gasteiger partial charge in [-0.1, -0.05) is 0 Å². The molecule has 0 amide bonds. The molecular formula is C13H15NO3S. The molecule has 0 radical (unpaired) electrons. The molecule has 0 saturated carbocycles. The zero-order valence-electron chi connectivity index (χ0n) is 10.3. The molecule has 0 aliphatic heterocycles. The minimum Gasteiger partial charge on any atom is -0.463 e. The second-order valence-electron chi connectivity index (χ2n) is 3.93. The number of methoxy groups -OCH3 is 1. The number of ether oxygens (including phenoxy) is 1. The highest BCUT2D eigenvalue weighted by Gasteiger charge is 2.14. The Bertz CT molecular complexity index is 504. The highest BCUT2D eigenvalue weighted by atomic mass is 32.1. The molecule has 0 spiro atoms. The van der Waals surface area contributed by atoms with Crippen molar-refractivity contribution in [2.75, 3.05) is 7.11 Å². The lowest BCUT2D eigenvalue weighted by atomic mass is 10.2. The van der Waals surface area contributed by atoms with Crippen molar-refractivity contribution in [3.05, 3.63) is 46.0 Å². The fraction of sp³-hybridized carbons (Fsp3) is 0.308. The van der Waals surface area contributed by atoms with Crippen molar-refractivity contribution >= 4 is 17.3 Å². The highest BCUT2D eigenvalue weighted by Crippen LogP contribution is 2.17. The number of rotatable bonds is 5. The molecule has 18 heavy (non-hydrogen) atoms. The number of esters is 1. The summed E-state index contributed by atoms with van der Waals surface area (Å²) in [5.74, 6) is 0.508. The largest absolute Gasteiger partial charge is 0.463 e. The molecule has 2 rings (SSSR count). The van der Waals surface area contributed by atoms with E-state index >= 15 is 0 Å². The average Bonchev–Trinajstić information content (AvgIpc) is 3.05. The Hall–Kier alpha value is -1.59. The number of hydrogen-bond donors (Lipinski definition) is 1. The van der Waals surface area contributed by atoms with Gasteiger partial charge in [-0.3, -0.25) is 0 Å². The van der Waals surface area contributed by atoms with Crippen molar-refractivity contribution in [1.82, 2.24) is 5.32 Å². The SMILES string of the molecule is COC(=O)c1ccc(C(C)NCc2ccsc2)o1. The van der Waals surface area contributed by atoms with Gasteiger partial charge in [0, 0.05) is 6.54 Å². The zero-order chi connectivity index (χ0) is 13.0. The summed E-state index contributed by atoms with van der Waals surface area (Å²) in [6.45, 7) is 2.77. The van der Waals surface area contributed by atoms with Crippen LogP contribution in [0.15, 0.2) is 33.4 Å². The van der Waals surface area contributed by atoms with Gasteiger partial charge in [0.05, 0.1) is 13.2 Å². The van der Waals surface area contributed by atoms with Gasteiger partial charge < -0.3 is 14.5 Å². The molecule has 5 heteroatoms. The van der Waals surface area contributed by atoms with E-state index in [1.807, 2.05) is 12.3 Å². The van der Waals surface area contributed by atoms with Crippen LogP contribution in [0.1, 0.15) is 34.8 Å². The minimum atomic E-state index is -0.453. The fourth-order valence-corrected chi connectivity index (χ4v) is 2.23. The van der Waals surface area contributed by atoms with Crippen LogP contribution < -0.4 is 5.32 Å². The summed E-state index contributed by atoms with van der Waals surface area (Å²) in [5.41, 5.74) is 1.24. The van der Waals surface area contributed by atoms with Crippen LogP contribution in [0.2, 0.25) is 0 Å². The monoisotopic (exact) mass is 265 g/mol. The Labute approximate surface area is 110 Å². The molecule has 0 saturated heterocycles. The van der Waals surface area contributed by atoms with Gasteiger partial charge >= 0.3 is 5.97 Å². The molecule has 0 bridgehead atoms. The van der Waals surface area contributed by atoms with Crippen LogP contribution in [-0.4, -0.2) is 13.1 Å². The molecule has 1 atom stereocenters. The first kappa shape index (κ1) is 12.9. The summed E-state index contributed by atoms with van der Waals surface area (Å²) < 4.78 is 10.0. The number of thiophene rings is 1. The molecule has 0 aliphatic carbocycles. The van der Waals surface area contributed by atoms with Gasteiger partial charge in [0.15, 0.2) is 0 Å². The van der Waals surface area contributed by atoms with Gasteiger partial charge in [-0.15, -0.1) is 0 Å². The first-order chi connectivity index (χ1) is 8.70. The summed E-state index contributed by atoms with van der Waals surface area (Å²) in [7, 11) is 1.34. The molecule has 0 aromatic carbocycles. The summed E-state index contributed by atoms with van der Waals surface area (Å²) in [6.07, 6.45) is 0. The van der Waals surface area contributed by atoms with Crippen molar-refractivity contribution in [1.29, 1.82) is 0 Å². The van der Waals surface area contributed by atoms with Gasteiger partial charge in [0.25, 0.3) is 0 Å². The maximum Gasteiger partial charge on any atom is 0.373 e. The number of carbonyl (C=O) groups is 1. The molecule has 96 valence electrons. The van der Waals surface area contributed by atoms with E-state index in [1.165, 1.54) is 12.7 Å². The minimum absolute atomic E-state index is 0.0447. The molecule has 2 aromatic rings. The first-order valence-corrected chi connectivity index (χ1v) is 6.57. The van der Waals surface area contributed by atoms with Crippen molar-refractivity contribution in [2.24, 2.45) is 0 Å². The quantitative estimate of drug-likeness (QED) is 0.844. The molecule has 1 N–H and O–H groups in total. The van der Waals surface area contributed by atoms with E-state index < -0.39 is 5.97 Å². The van der Waals surface area contributed by atoms with Gasteiger partial charge in [-0.05, 0) is 41.4 Å². The van der Waals surface area contributed by atoms with E-state index in [2.05, 4.69) is 21.5 Å². The molecule has 0 fully saturated rings. The lowest BCUT2D eigenvalue weighted by Crippen LogP contribution is -2.17. The molecule has 2 aromatic heterocycles. The first-order valence-electron chi connectivity index (χ1n) is 5.63. The van der Waals surface area contributed by atoms with Crippen LogP contribution in [0.3, 0.4) is 0 Å². The van der Waals surface area contributed by atoms with E-state index in [0.717, 1.165) is 12.3 Å². The zero-order valence-corrected chi connectivity index (χ0v) is 11.1. The van der Waals surface area contributed by atoms with Crippen molar-refractivity contribution in [3.63, 3.8) is 0 Å². The van der Waals surface area contributed by atoms with E-state index in [9.17, 15) is 4.79 Å². The predicted molar refractivity (Wildman–Crippen MR) is 69.6 cm³/mol. The smallest absolute Gasteiger partial charge is 0.373 e. The van der Waals surface area contributed by atoms with Gasteiger partial charge in [-0.25, -0.2) is 4.79 Å². The van der Waals surface area contributed by atoms with Crippen LogP contribution in [0.5, 0.6) is 0 Å². The van der Waals surface area contributed by atoms with Crippen LogP contribution in [-0.2, 0) is 11.3 Å². The maximum absolute atomic E-state index is 11.3. The summed E-state index contributed by atoms with van der Waals surface area (Å²) in [5, 5.41) is 7.48. The third kappa shape index (κ3) is 3.00. The van der Waals surface area contributed by atoms with Crippen molar-refractivity contribution in [3.8, 4) is 0 Å². The second kappa shape index (κ2) is 5.84. The Morgan fingerprint density at radius 1 is 1.50 bits per heavy atom. The second-order valence-corrected chi connectivity index (χ2v) is 4.71. The number of furan rings is 1. The van der Waals surface area contributed by atoms with Crippen LogP contribution >= 0.6 is 11.3 Å². The third-order valence-electron chi connectivity index (χ3n) is 2.63. The van der Waals surface area contributed by atoms with Gasteiger partial charge in [0.1, 0.15) is 5.76 Å². The maximum atomic E-state index is 11.3. The summed E-state index contributed by atoms with van der Waals surface area (Å²) >= 11 is 1.67. The Morgan fingerprint density at radius 2 is 2.33 bits per heavy atom. The molecule has 0 aliphatic rings. The summed E-state index contributed by atoms with van der Waals surface area (Å²) in [6, 6.07) is 5.54. The third-order valence-corrected chi connectivity index (χ3v) is 3.36. The highest BCUT2D eigenvalue weighted by molar-refractivity contribution is 7.07. The normalized spacial score (nSPS) is 12.3.